The number of halogens is 1. The maximum absolute atomic E-state index is 13.5. The molecule has 2 aliphatic carbocycles. The Morgan fingerprint density at radius 3 is 2.64 bits per heavy atom. The second-order valence-corrected chi connectivity index (χ2v) is 12.0. The second kappa shape index (κ2) is 11.7. The molecule has 3 heterocycles. The number of methoxy groups -OCH3 is 1. The van der Waals surface area contributed by atoms with E-state index < -0.39 is 17.9 Å². The number of nitrogens with zero attached hydrogens (tertiary/aromatic N) is 5. The van der Waals surface area contributed by atoms with Crippen molar-refractivity contribution in [2.75, 3.05) is 24.4 Å². The maximum Gasteiger partial charge on any atom is 0.415 e. The van der Waals surface area contributed by atoms with E-state index in [-0.39, 0.29) is 58.2 Å². The Hall–Kier alpha value is -4.00. The fourth-order valence-electron chi connectivity index (χ4n) is 5.37. The number of hydrogen-bond donors (Lipinski definition) is 2. The Balaban J connectivity index is 1.51. The number of rotatable bonds is 7. The third-order valence-electron chi connectivity index (χ3n) is 7.69. The quantitative estimate of drug-likeness (QED) is 0.419. The molecule has 2 saturated carbocycles. The van der Waals surface area contributed by atoms with Crippen molar-refractivity contribution < 1.29 is 23.5 Å². The van der Waals surface area contributed by atoms with E-state index in [1.807, 2.05) is 0 Å². The molecule has 3 aromatic heterocycles. The van der Waals surface area contributed by atoms with Crippen LogP contribution in [-0.2, 0) is 9.47 Å². The number of alkyl halides is 1. The van der Waals surface area contributed by atoms with Crippen LogP contribution in [-0.4, -0.2) is 69.2 Å². The van der Waals surface area contributed by atoms with Crippen molar-refractivity contribution in [1.82, 2.24) is 24.5 Å². The molecule has 2 amide bonds. The summed E-state index contributed by atoms with van der Waals surface area (Å²) in [6.07, 6.45) is 5.60. The highest BCUT2D eigenvalue weighted by Gasteiger charge is 2.31. The fourth-order valence-corrected chi connectivity index (χ4v) is 5.37. The lowest BCUT2D eigenvalue weighted by Gasteiger charge is -2.31. The number of nitrogens with one attached hydrogen (secondary N) is 2. The molecule has 2 N–H and O–H groups in total. The molecule has 2 fully saturated rings. The van der Waals surface area contributed by atoms with Gasteiger partial charge in [-0.15, -0.1) is 0 Å². The lowest BCUT2D eigenvalue weighted by molar-refractivity contribution is 0.0561. The first-order valence-electron chi connectivity index (χ1n) is 14.2. The number of ether oxygens (including phenoxy) is 2. The minimum atomic E-state index is -0.908. The molecule has 5 rings (SSSR count). The molecule has 1 unspecified atom stereocenters. The molecule has 0 bridgehead atoms. The first-order valence-corrected chi connectivity index (χ1v) is 14.2. The number of amides is 2. The number of pyridine rings is 1. The standard InChI is InChI=1S/C29H38FN7O5/c1-29(2,3)42-28(40)35(4)24-15-23(33-22-10-7-11-36(27(22)39)19-12-17(30)13-19)34-25-21(16-31-37(24)25)26(38)32-18-8-6-9-20(14-18)41-5/h7,10-11,15-20H,6,8-9,12-14H2,1-5H3,(H,32,38)(H,33,34)/t17-,18?,19-,20-/m1/s1. The average molecular weight is 584 g/mol. The molecule has 3 aromatic rings. The predicted octanol–water partition coefficient (Wildman–Crippen LogP) is 4.37. The number of fused-ring (bicyclic) bond motifs is 1. The van der Waals surface area contributed by atoms with Crippen LogP contribution < -0.4 is 21.1 Å². The van der Waals surface area contributed by atoms with Crippen molar-refractivity contribution in [2.24, 2.45) is 0 Å². The molecule has 0 spiro atoms. The molecule has 2 aliphatic rings. The van der Waals surface area contributed by atoms with Crippen LogP contribution in [0.15, 0.2) is 35.4 Å². The van der Waals surface area contributed by atoms with Gasteiger partial charge in [0.15, 0.2) is 5.65 Å². The van der Waals surface area contributed by atoms with E-state index in [2.05, 4.69) is 20.7 Å². The number of hydrogen-bond acceptors (Lipinski definition) is 8. The van der Waals surface area contributed by atoms with Gasteiger partial charge in [-0.1, -0.05) is 0 Å². The van der Waals surface area contributed by atoms with Crippen LogP contribution in [0.3, 0.4) is 0 Å². The summed E-state index contributed by atoms with van der Waals surface area (Å²) in [5, 5.41) is 10.5. The summed E-state index contributed by atoms with van der Waals surface area (Å²) in [5.74, 6) is 0.130. The lowest BCUT2D eigenvalue weighted by atomic mass is 9.90. The van der Waals surface area contributed by atoms with Gasteiger partial charge in [0.25, 0.3) is 11.5 Å². The van der Waals surface area contributed by atoms with E-state index in [9.17, 15) is 18.8 Å². The Labute approximate surface area is 243 Å². The number of anilines is 3. The Morgan fingerprint density at radius 1 is 1.19 bits per heavy atom. The second-order valence-electron chi connectivity index (χ2n) is 12.0. The van der Waals surface area contributed by atoms with Gasteiger partial charge >= 0.3 is 6.09 Å². The SMILES string of the molecule is CO[C@@H]1CCCC(NC(=O)c2cnn3c(N(C)C(=O)OC(C)(C)C)cc(Nc4cccn([C@H]5C[C@H](F)C5)c4=O)nc23)C1. The third kappa shape index (κ3) is 6.25. The van der Waals surface area contributed by atoms with Gasteiger partial charge in [0.1, 0.15) is 34.7 Å². The normalized spacial score (nSPS) is 22.3. The molecule has 226 valence electrons. The molecule has 0 aliphatic heterocycles. The van der Waals surface area contributed by atoms with Gasteiger partial charge in [0, 0.05) is 38.5 Å². The van der Waals surface area contributed by atoms with Crippen molar-refractivity contribution >= 4 is 35.0 Å². The van der Waals surface area contributed by atoms with Crippen LogP contribution in [0, 0.1) is 0 Å². The molecule has 12 nitrogen and oxygen atoms in total. The summed E-state index contributed by atoms with van der Waals surface area (Å²) >= 11 is 0. The zero-order valence-corrected chi connectivity index (χ0v) is 24.6. The molecule has 13 heteroatoms. The molecule has 2 atom stereocenters. The molecular formula is C29H38FN7O5. The minimum absolute atomic E-state index is 0.0606. The Morgan fingerprint density at radius 2 is 1.95 bits per heavy atom. The largest absolute Gasteiger partial charge is 0.443 e. The first kappa shape index (κ1) is 29.5. The van der Waals surface area contributed by atoms with E-state index in [0.717, 1.165) is 19.3 Å². The van der Waals surface area contributed by atoms with E-state index in [4.69, 9.17) is 9.47 Å². The summed E-state index contributed by atoms with van der Waals surface area (Å²) in [4.78, 5) is 45.6. The predicted molar refractivity (Wildman–Crippen MR) is 155 cm³/mol. The molecule has 42 heavy (non-hydrogen) atoms. The van der Waals surface area contributed by atoms with Crippen LogP contribution in [0.4, 0.5) is 26.5 Å². The van der Waals surface area contributed by atoms with Gasteiger partial charge in [-0.05, 0) is 71.4 Å². The fraction of sp³-hybridized carbons (Fsp3) is 0.552. The molecule has 0 aromatic carbocycles. The average Bonchev–Trinajstić information content (AvgIpc) is 3.35. The van der Waals surface area contributed by atoms with E-state index in [1.54, 1.807) is 52.3 Å². The van der Waals surface area contributed by atoms with Gasteiger partial charge in [0.05, 0.1) is 12.3 Å². The van der Waals surface area contributed by atoms with Gasteiger partial charge in [0.2, 0.25) is 0 Å². The maximum atomic E-state index is 13.5. The molecule has 0 saturated heterocycles. The highest BCUT2D eigenvalue weighted by Crippen LogP contribution is 2.34. The minimum Gasteiger partial charge on any atom is -0.443 e. The molecule has 0 radical (unpaired) electrons. The van der Waals surface area contributed by atoms with Gasteiger partial charge < -0.3 is 24.7 Å². The third-order valence-corrected chi connectivity index (χ3v) is 7.69. The van der Waals surface area contributed by atoms with Gasteiger partial charge in [-0.2, -0.15) is 9.61 Å². The highest BCUT2D eigenvalue weighted by molar-refractivity contribution is 6.00. The van der Waals surface area contributed by atoms with Crippen LogP contribution in [0.2, 0.25) is 0 Å². The van der Waals surface area contributed by atoms with E-state index >= 15 is 0 Å². The summed E-state index contributed by atoms with van der Waals surface area (Å²) < 4.78 is 27.5. The van der Waals surface area contributed by atoms with Crippen molar-refractivity contribution in [1.29, 1.82) is 0 Å². The van der Waals surface area contributed by atoms with Crippen molar-refractivity contribution in [3.63, 3.8) is 0 Å². The van der Waals surface area contributed by atoms with Crippen LogP contribution in [0.1, 0.15) is 75.7 Å². The van der Waals surface area contributed by atoms with Crippen LogP contribution >= 0.6 is 0 Å². The summed E-state index contributed by atoms with van der Waals surface area (Å²) in [6.45, 7) is 5.28. The topological polar surface area (TPSA) is 132 Å². The van der Waals surface area contributed by atoms with Crippen molar-refractivity contribution in [3.05, 3.63) is 46.5 Å². The van der Waals surface area contributed by atoms with Crippen LogP contribution in [0.25, 0.3) is 5.65 Å². The van der Waals surface area contributed by atoms with Gasteiger partial charge in [-0.3, -0.25) is 14.5 Å². The van der Waals surface area contributed by atoms with E-state index in [1.165, 1.54) is 27.2 Å². The zero-order valence-electron chi connectivity index (χ0n) is 24.6. The van der Waals surface area contributed by atoms with Gasteiger partial charge in [-0.25, -0.2) is 14.2 Å². The Kier molecular flexibility index (Phi) is 8.22. The highest BCUT2D eigenvalue weighted by atomic mass is 19.1. The molecular weight excluding hydrogens is 545 g/mol. The number of carbonyl (C=O) groups excluding carboxylic acids is 2. The summed E-state index contributed by atoms with van der Waals surface area (Å²) in [5.41, 5.74) is -0.442. The lowest BCUT2D eigenvalue weighted by Crippen LogP contribution is -2.40. The Bertz CT molecular complexity index is 1520. The zero-order chi connectivity index (χ0) is 30.2. The van der Waals surface area contributed by atoms with Crippen molar-refractivity contribution in [2.45, 2.75) is 89.3 Å². The van der Waals surface area contributed by atoms with E-state index in [0.29, 0.717) is 19.3 Å². The summed E-state index contributed by atoms with van der Waals surface area (Å²) in [7, 11) is 3.20. The summed E-state index contributed by atoms with van der Waals surface area (Å²) in [6, 6.07) is 4.59. The number of carbonyl (C=O) groups is 2. The smallest absolute Gasteiger partial charge is 0.415 e. The van der Waals surface area contributed by atoms with Crippen LogP contribution in [0.5, 0.6) is 0 Å². The van der Waals surface area contributed by atoms with Crippen molar-refractivity contribution in [3.8, 4) is 0 Å². The number of aromatic nitrogens is 4. The first-order chi connectivity index (χ1) is 19.9. The monoisotopic (exact) mass is 583 g/mol.